The van der Waals surface area contributed by atoms with E-state index in [1.54, 1.807) is 0 Å². The van der Waals surface area contributed by atoms with E-state index in [0.717, 1.165) is 24.6 Å². The highest BCUT2D eigenvalue weighted by molar-refractivity contribution is 7.10. The smallest absolute Gasteiger partial charge is 0.162 e. The average Bonchev–Trinajstić information content (AvgIpc) is 2.75. The zero-order valence-electron chi connectivity index (χ0n) is 11.0. The van der Waals surface area contributed by atoms with Crippen LogP contribution in [0.4, 0.5) is 10.7 Å². The van der Waals surface area contributed by atoms with Crippen molar-refractivity contribution in [2.45, 2.75) is 6.54 Å². The molecule has 1 aromatic heterocycles. The molecule has 0 unspecified atom stereocenters. The summed E-state index contributed by atoms with van der Waals surface area (Å²) in [6, 6.07) is 10.5. The predicted octanol–water partition coefficient (Wildman–Crippen LogP) is 3.12. The van der Waals surface area contributed by atoms with Gasteiger partial charge in [0.05, 0.1) is 0 Å². The second-order valence-corrected chi connectivity index (χ2v) is 5.85. The van der Waals surface area contributed by atoms with E-state index in [0.29, 0.717) is 10.7 Å². The number of nitriles is 1. The number of likely N-dealkylation sites (N-methyl/N-ethyl adjacent to an activating group) is 1. The van der Waals surface area contributed by atoms with Crippen molar-refractivity contribution in [3.8, 4) is 6.07 Å². The molecule has 6 heteroatoms. The summed E-state index contributed by atoms with van der Waals surface area (Å²) in [6.45, 7) is 2.52. The molecule has 0 bridgehead atoms. The fourth-order valence-electron chi connectivity index (χ4n) is 2.44. The highest BCUT2D eigenvalue weighted by Crippen LogP contribution is 2.34. The Hall–Kier alpha value is -1.77. The van der Waals surface area contributed by atoms with E-state index < -0.39 is 0 Å². The zero-order chi connectivity index (χ0) is 14.1. The number of rotatable bonds is 1. The first kappa shape index (κ1) is 13.2. The van der Waals surface area contributed by atoms with Gasteiger partial charge in [-0.1, -0.05) is 29.8 Å². The lowest BCUT2D eigenvalue weighted by Gasteiger charge is -2.21. The van der Waals surface area contributed by atoms with E-state index in [4.69, 9.17) is 11.6 Å². The van der Waals surface area contributed by atoms with Gasteiger partial charge in [0, 0.05) is 32.4 Å². The summed E-state index contributed by atoms with van der Waals surface area (Å²) >= 11 is 7.27. The third kappa shape index (κ3) is 2.21. The summed E-state index contributed by atoms with van der Waals surface area (Å²) in [6.07, 6.45) is 0. The van der Waals surface area contributed by atoms with Crippen LogP contribution < -0.4 is 9.80 Å². The molecule has 1 aliphatic heterocycles. The molecule has 3 rings (SSSR count). The minimum Gasteiger partial charge on any atom is -0.373 e. The summed E-state index contributed by atoms with van der Waals surface area (Å²) in [5, 5.41) is 10.4. The van der Waals surface area contributed by atoms with Crippen molar-refractivity contribution in [2.75, 3.05) is 29.9 Å². The topological polar surface area (TPSA) is 43.2 Å². The number of aromatic nitrogens is 1. The van der Waals surface area contributed by atoms with Gasteiger partial charge in [-0.05, 0) is 23.2 Å². The number of anilines is 2. The number of hydrogen-bond donors (Lipinski definition) is 0. The van der Waals surface area contributed by atoms with Crippen LogP contribution >= 0.6 is 23.1 Å². The largest absolute Gasteiger partial charge is 0.373 e. The maximum atomic E-state index is 9.23. The third-order valence-electron chi connectivity index (χ3n) is 3.50. The number of fused-ring (bicyclic) bond motifs is 1. The molecule has 2 heterocycles. The fourth-order valence-corrected chi connectivity index (χ4v) is 3.49. The van der Waals surface area contributed by atoms with Crippen LogP contribution in [0.1, 0.15) is 11.1 Å². The van der Waals surface area contributed by atoms with E-state index in [1.165, 1.54) is 22.8 Å². The van der Waals surface area contributed by atoms with Crippen molar-refractivity contribution in [3.05, 3.63) is 40.5 Å². The second kappa shape index (κ2) is 5.31. The summed E-state index contributed by atoms with van der Waals surface area (Å²) in [4.78, 5) is 4.43. The van der Waals surface area contributed by atoms with Gasteiger partial charge in [-0.3, -0.25) is 0 Å². The molecular weight excluding hydrogens is 292 g/mol. The first-order chi connectivity index (χ1) is 9.70. The van der Waals surface area contributed by atoms with Crippen molar-refractivity contribution in [2.24, 2.45) is 0 Å². The Morgan fingerprint density at radius 1 is 1.35 bits per heavy atom. The van der Waals surface area contributed by atoms with Gasteiger partial charge in [-0.2, -0.15) is 9.64 Å². The quantitative estimate of drug-likeness (QED) is 0.812. The number of para-hydroxylation sites is 1. The fraction of sp³-hybridized carbons (Fsp3) is 0.286. The molecular formula is C14H13ClN4S. The van der Waals surface area contributed by atoms with Crippen molar-refractivity contribution < 1.29 is 0 Å². The Balaban J connectivity index is 2.00. The zero-order valence-corrected chi connectivity index (χ0v) is 12.6. The van der Waals surface area contributed by atoms with E-state index in [-0.39, 0.29) is 0 Å². The molecule has 102 valence electrons. The van der Waals surface area contributed by atoms with E-state index >= 15 is 0 Å². The van der Waals surface area contributed by atoms with Crippen LogP contribution in [0, 0.1) is 11.3 Å². The second-order valence-electron chi connectivity index (χ2n) is 4.74. The Kier molecular flexibility index (Phi) is 3.51. The lowest BCUT2D eigenvalue weighted by atomic mass is 10.1. The van der Waals surface area contributed by atoms with Gasteiger partial charge in [-0.15, -0.1) is 0 Å². The molecule has 0 aliphatic carbocycles. The van der Waals surface area contributed by atoms with Crippen molar-refractivity contribution in [3.63, 3.8) is 0 Å². The number of hydrogen-bond acceptors (Lipinski definition) is 5. The number of nitrogens with zero attached hydrogens (tertiary/aromatic N) is 4. The maximum absolute atomic E-state index is 9.23. The van der Waals surface area contributed by atoms with Gasteiger partial charge in [-0.25, -0.2) is 0 Å². The molecule has 2 aromatic rings. The van der Waals surface area contributed by atoms with Crippen LogP contribution in [0.5, 0.6) is 0 Å². The molecule has 0 fully saturated rings. The Morgan fingerprint density at radius 2 is 2.15 bits per heavy atom. The van der Waals surface area contributed by atoms with Gasteiger partial charge in [0.25, 0.3) is 0 Å². The van der Waals surface area contributed by atoms with Crippen LogP contribution in [0.15, 0.2) is 24.3 Å². The number of benzene rings is 1. The van der Waals surface area contributed by atoms with Gasteiger partial charge < -0.3 is 9.80 Å². The van der Waals surface area contributed by atoms with Crippen LogP contribution in [0.2, 0.25) is 5.15 Å². The van der Waals surface area contributed by atoms with Gasteiger partial charge in [0.1, 0.15) is 16.6 Å². The number of halogens is 1. The van der Waals surface area contributed by atoms with E-state index in [2.05, 4.69) is 45.5 Å². The molecule has 20 heavy (non-hydrogen) atoms. The molecule has 1 aromatic carbocycles. The minimum absolute atomic E-state index is 0.304. The van der Waals surface area contributed by atoms with Gasteiger partial charge >= 0.3 is 0 Å². The molecule has 0 atom stereocenters. The van der Waals surface area contributed by atoms with Crippen LogP contribution in [0.25, 0.3) is 0 Å². The molecule has 1 aliphatic rings. The van der Waals surface area contributed by atoms with Crippen molar-refractivity contribution >= 4 is 33.8 Å². The molecule has 0 saturated heterocycles. The Bertz CT molecular complexity index is 676. The Morgan fingerprint density at radius 3 is 2.95 bits per heavy atom. The SMILES string of the molecule is CN1CCN(c2snc(Cl)c2C#N)Cc2ccccc21. The lowest BCUT2D eigenvalue weighted by molar-refractivity contribution is 0.804. The van der Waals surface area contributed by atoms with Crippen LogP contribution in [-0.2, 0) is 6.54 Å². The molecule has 0 N–H and O–H groups in total. The monoisotopic (exact) mass is 304 g/mol. The van der Waals surface area contributed by atoms with E-state index in [9.17, 15) is 5.26 Å². The van der Waals surface area contributed by atoms with Crippen LogP contribution in [0.3, 0.4) is 0 Å². The third-order valence-corrected chi connectivity index (χ3v) is 4.78. The lowest BCUT2D eigenvalue weighted by Crippen LogP contribution is -2.28. The Labute approximate surface area is 127 Å². The highest BCUT2D eigenvalue weighted by atomic mass is 35.5. The minimum atomic E-state index is 0.304. The van der Waals surface area contributed by atoms with Gasteiger partial charge in [0.15, 0.2) is 5.15 Å². The maximum Gasteiger partial charge on any atom is 0.162 e. The average molecular weight is 305 g/mol. The first-order valence-corrected chi connectivity index (χ1v) is 7.45. The summed E-state index contributed by atoms with van der Waals surface area (Å²) in [5.41, 5.74) is 2.98. The van der Waals surface area contributed by atoms with Crippen LogP contribution in [-0.4, -0.2) is 24.5 Å². The standard InChI is InChI=1S/C14H13ClN4S/c1-18-6-7-19(9-10-4-2-3-5-12(10)18)14-11(8-16)13(15)17-20-14/h2-5H,6-7,9H2,1H3. The molecule has 0 spiro atoms. The normalized spacial score (nSPS) is 14.7. The van der Waals surface area contributed by atoms with Crippen molar-refractivity contribution in [1.82, 2.24) is 4.37 Å². The molecule has 0 radical (unpaired) electrons. The highest BCUT2D eigenvalue weighted by Gasteiger charge is 2.22. The van der Waals surface area contributed by atoms with Gasteiger partial charge in [0.2, 0.25) is 0 Å². The first-order valence-electron chi connectivity index (χ1n) is 6.30. The van der Waals surface area contributed by atoms with Crippen molar-refractivity contribution in [1.29, 1.82) is 5.26 Å². The molecule has 0 amide bonds. The summed E-state index contributed by atoms with van der Waals surface area (Å²) in [5.74, 6) is 0. The predicted molar refractivity (Wildman–Crippen MR) is 82.6 cm³/mol. The van der Waals surface area contributed by atoms with E-state index in [1.807, 2.05) is 6.07 Å². The summed E-state index contributed by atoms with van der Waals surface area (Å²) < 4.78 is 4.10. The summed E-state index contributed by atoms with van der Waals surface area (Å²) in [7, 11) is 2.09. The molecule has 4 nitrogen and oxygen atoms in total. The molecule has 0 saturated carbocycles.